The maximum Gasteiger partial charge on any atom is 0.261 e. The fourth-order valence-corrected chi connectivity index (χ4v) is 3.38. The van der Waals surface area contributed by atoms with E-state index in [2.05, 4.69) is 10.2 Å². The van der Waals surface area contributed by atoms with Crippen LogP contribution in [0.15, 0.2) is 64.2 Å². The molecule has 2 amide bonds. The monoisotopic (exact) mass is 351 g/mol. The molecule has 25 heavy (non-hydrogen) atoms. The number of benzene rings is 1. The fraction of sp³-hybridized carbons (Fsp3) is 0.111. The smallest absolute Gasteiger partial charge is 0.261 e. The van der Waals surface area contributed by atoms with Crippen molar-refractivity contribution in [3.8, 4) is 11.5 Å². The lowest BCUT2D eigenvalue weighted by Crippen LogP contribution is -2.31. The maximum absolute atomic E-state index is 12.3. The molecule has 6 nitrogen and oxygen atoms in total. The Kier molecular flexibility index (Phi) is 4.07. The van der Waals surface area contributed by atoms with Gasteiger partial charge in [-0.25, -0.2) is 0 Å². The summed E-state index contributed by atoms with van der Waals surface area (Å²) < 4.78 is 5.27. The molecule has 3 heterocycles. The molecule has 1 aliphatic heterocycles. The van der Waals surface area contributed by atoms with Gasteiger partial charge < -0.3 is 4.42 Å². The standard InChI is InChI=1S/C18H13N3O3S/c22-17-12-4-1-2-5-13(12)18(23)21(17)9-11-25-16-8-7-14(19-20-16)15-6-3-10-24-15/h1-8,10H,9,11H2. The van der Waals surface area contributed by atoms with Crippen LogP contribution >= 0.6 is 11.8 Å². The predicted octanol–water partition coefficient (Wildman–Crippen LogP) is 3.12. The van der Waals surface area contributed by atoms with Crippen molar-refractivity contribution in [2.45, 2.75) is 5.03 Å². The highest BCUT2D eigenvalue weighted by Gasteiger charge is 2.34. The molecule has 0 saturated carbocycles. The largest absolute Gasteiger partial charge is 0.463 e. The molecule has 4 rings (SSSR count). The average Bonchev–Trinajstić information content (AvgIpc) is 3.26. The van der Waals surface area contributed by atoms with Crippen molar-refractivity contribution in [1.82, 2.24) is 15.1 Å². The molecule has 7 heteroatoms. The zero-order valence-corrected chi connectivity index (χ0v) is 13.9. The summed E-state index contributed by atoms with van der Waals surface area (Å²) in [5.74, 6) is 0.747. The number of fused-ring (bicyclic) bond motifs is 1. The number of carbonyl (C=O) groups is 2. The first kappa shape index (κ1) is 15.6. The number of thioether (sulfide) groups is 1. The van der Waals surface area contributed by atoms with Gasteiger partial charge in [0.15, 0.2) is 5.76 Å². The Bertz CT molecular complexity index is 888. The molecule has 0 aliphatic carbocycles. The Morgan fingerprint density at radius 1 is 0.920 bits per heavy atom. The molecular weight excluding hydrogens is 338 g/mol. The molecular formula is C18H13N3O3S. The minimum atomic E-state index is -0.236. The fourth-order valence-electron chi connectivity index (χ4n) is 2.64. The number of amides is 2. The summed E-state index contributed by atoms with van der Waals surface area (Å²) in [6, 6.07) is 14.2. The molecule has 124 valence electrons. The van der Waals surface area contributed by atoms with E-state index in [0.29, 0.717) is 34.9 Å². The Labute approximate surface area is 147 Å². The number of hydrogen-bond acceptors (Lipinski definition) is 6. The van der Waals surface area contributed by atoms with Crippen LogP contribution in [0.25, 0.3) is 11.5 Å². The summed E-state index contributed by atoms with van der Waals surface area (Å²) in [5, 5.41) is 8.99. The van der Waals surface area contributed by atoms with Gasteiger partial charge in [0.05, 0.1) is 17.4 Å². The Hall–Kier alpha value is -2.93. The summed E-state index contributed by atoms with van der Waals surface area (Å²) in [4.78, 5) is 25.8. The van der Waals surface area contributed by atoms with Gasteiger partial charge in [-0.15, -0.1) is 22.0 Å². The van der Waals surface area contributed by atoms with E-state index in [1.165, 1.54) is 16.7 Å². The lowest BCUT2D eigenvalue weighted by molar-refractivity contribution is 0.0664. The van der Waals surface area contributed by atoms with Gasteiger partial charge >= 0.3 is 0 Å². The van der Waals surface area contributed by atoms with Gasteiger partial charge in [-0.05, 0) is 36.4 Å². The van der Waals surface area contributed by atoms with Crippen molar-refractivity contribution in [1.29, 1.82) is 0 Å². The quantitative estimate of drug-likeness (QED) is 0.519. The van der Waals surface area contributed by atoms with Gasteiger partial charge in [-0.2, -0.15) is 0 Å². The second kappa shape index (κ2) is 6.52. The van der Waals surface area contributed by atoms with Crippen molar-refractivity contribution < 1.29 is 14.0 Å². The topological polar surface area (TPSA) is 76.3 Å². The SMILES string of the molecule is O=C1c2ccccc2C(=O)N1CCSc1ccc(-c2ccco2)nn1. The normalized spacial score (nSPS) is 13.4. The van der Waals surface area contributed by atoms with E-state index in [-0.39, 0.29) is 11.8 Å². The van der Waals surface area contributed by atoms with Crippen molar-refractivity contribution in [2.75, 3.05) is 12.3 Å². The van der Waals surface area contributed by atoms with Crippen LogP contribution in [0.4, 0.5) is 0 Å². The van der Waals surface area contributed by atoms with Crippen LogP contribution in [-0.4, -0.2) is 39.2 Å². The second-order valence-corrected chi connectivity index (χ2v) is 6.51. The van der Waals surface area contributed by atoms with Crippen LogP contribution in [0.2, 0.25) is 0 Å². The molecule has 0 atom stereocenters. The number of imide groups is 1. The molecule has 0 saturated heterocycles. The van der Waals surface area contributed by atoms with Crippen LogP contribution in [-0.2, 0) is 0 Å². The number of aromatic nitrogens is 2. The summed E-state index contributed by atoms with van der Waals surface area (Å²) in [5.41, 5.74) is 1.61. The highest BCUT2D eigenvalue weighted by molar-refractivity contribution is 7.99. The highest BCUT2D eigenvalue weighted by Crippen LogP contribution is 2.24. The van der Waals surface area contributed by atoms with Crippen molar-refractivity contribution in [2.24, 2.45) is 0 Å². The van der Waals surface area contributed by atoms with Gasteiger partial charge in [0, 0.05) is 12.3 Å². The summed E-state index contributed by atoms with van der Waals surface area (Å²) in [6.07, 6.45) is 1.59. The molecule has 2 aromatic heterocycles. The molecule has 0 N–H and O–H groups in total. The van der Waals surface area contributed by atoms with Crippen molar-refractivity contribution >= 4 is 23.6 Å². The molecule has 1 aromatic carbocycles. The third-order valence-corrected chi connectivity index (χ3v) is 4.76. The molecule has 1 aliphatic rings. The number of carbonyl (C=O) groups excluding carboxylic acids is 2. The van der Waals surface area contributed by atoms with Crippen molar-refractivity contribution in [3.63, 3.8) is 0 Å². The molecule has 0 fully saturated rings. The number of nitrogens with zero attached hydrogens (tertiary/aromatic N) is 3. The molecule has 0 radical (unpaired) electrons. The van der Waals surface area contributed by atoms with E-state index in [0.717, 1.165) is 5.03 Å². The van der Waals surface area contributed by atoms with Crippen LogP contribution in [0.3, 0.4) is 0 Å². The zero-order chi connectivity index (χ0) is 17.2. The van der Waals surface area contributed by atoms with Crippen molar-refractivity contribution in [3.05, 3.63) is 65.9 Å². The zero-order valence-electron chi connectivity index (χ0n) is 13.1. The van der Waals surface area contributed by atoms with E-state index in [1.54, 1.807) is 36.6 Å². The second-order valence-electron chi connectivity index (χ2n) is 5.39. The van der Waals surface area contributed by atoms with Gasteiger partial charge in [0.2, 0.25) is 0 Å². The summed E-state index contributed by atoms with van der Waals surface area (Å²) >= 11 is 1.45. The minimum Gasteiger partial charge on any atom is -0.463 e. The number of hydrogen-bond donors (Lipinski definition) is 0. The highest BCUT2D eigenvalue weighted by atomic mass is 32.2. The Morgan fingerprint density at radius 2 is 1.68 bits per heavy atom. The van der Waals surface area contributed by atoms with Gasteiger partial charge in [0.1, 0.15) is 10.7 Å². The maximum atomic E-state index is 12.3. The Morgan fingerprint density at radius 3 is 2.28 bits per heavy atom. The van der Waals surface area contributed by atoms with E-state index in [1.807, 2.05) is 18.2 Å². The Balaban J connectivity index is 1.37. The van der Waals surface area contributed by atoms with Gasteiger partial charge in [-0.1, -0.05) is 12.1 Å². The van der Waals surface area contributed by atoms with Crippen LogP contribution in [0.1, 0.15) is 20.7 Å². The van der Waals surface area contributed by atoms with E-state index >= 15 is 0 Å². The molecule has 0 unspecified atom stereocenters. The minimum absolute atomic E-state index is 0.236. The summed E-state index contributed by atoms with van der Waals surface area (Å²) in [7, 11) is 0. The first-order valence-electron chi connectivity index (χ1n) is 7.69. The summed E-state index contributed by atoms with van der Waals surface area (Å²) in [6.45, 7) is 0.332. The van der Waals surface area contributed by atoms with Gasteiger partial charge in [-0.3, -0.25) is 14.5 Å². The first-order valence-corrected chi connectivity index (χ1v) is 8.68. The molecule has 0 spiro atoms. The van der Waals surface area contributed by atoms with E-state index in [9.17, 15) is 9.59 Å². The van der Waals surface area contributed by atoms with E-state index in [4.69, 9.17) is 4.42 Å². The number of rotatable bonds is 5. The third kappa shape index (κ3) is 2.94. The number of furan rings is 1. The van der Waals surface area contributed by atoms with Crippen LogP contribution < -0.4 is 0 Å². The lowest BCUT2D eigenvalue weighted by Gasteiger charge is -2.12. The van der Waals surface area contributed by atoms with Gasteiger partial charge in [0.25, 0.3) is 11.8 Å². The molecule has 0 bridgehead atoms. The van der Waals surface area contributed by atoms with Crippen LogP contribution in [0.5, 0.6) is 0 Å². The van der Waals surface area contributed by atoms with E-state index < -0.39 is 0 Å². The molecule has 3 aromatic rings. The lowest BCUT2D eigenvalue weighted by atomic mass is 10.1. The third-order valence-electron chi connectivity index (χ3n) is 3.86. The van der Waals surface area contributed by atoms with Crippen LogP contribution in [0, 0.1) is 0 Å². The average molecular weight is 351 g/mol. The first-order chi connectivity index (χ1) is 12.2. The predicted molar refractivity (Wildman–Crippen MR) is 92.3 cm³/mol.